The van der Waals surface area contributed by atoms with Crippen LogP contribution in [0.1, 0.15) is 57.4 Å². The number of halogens is 1. The number of hydrogen-bond acceptors (Lipinski definition) is 2. The Bertz CT molecular complexity index is 732. The fraction of sp³-hybridized carbons (Fsp3) is 0.435. The third-order valence-corrected chi connectivity index (χ3v) is 5.42. The molecule has 1 fully saturated rings. The van der Waals surface area contributed by atoms with Gasteiger partial charge >= 0.3 is 0 Å². The molecule has 0 atom stereocenters. The lowest BCUT2D eigenvalue weighted by Gasteiger charge is -2.28. The first-order valence-electron chi connectivity index (χ1n) is 9.81. The highest BCUT2D eigenvalue weighted by Gasteiger charge is 2.24. The molecule has 3 rings (SSSR count). The normalized spacial score (nSPS) is 19.7. The van der Waals surface area contributed by atoms with Gasteiger partial charge in [0.2, 0.25) is 5.91 Å². The average Bonchev–Trinajstić information content (AvgIpc) is 2.64. The summed E-state index contributed by atoms with van der Waals surface area (Å²) < 4.78 is 5.72. The summed E-state index contributed by atoms with van der Waals surface area (Å²) in [6.07, 6.45) is 5.28. The molecular formula is C23H28ClNO2. The number of carbonyl (C=O) groups is 1. The van der Waals surface area contributed by atoms with E-state index in [2.05, 4.69) is 29.6 Å². The van der Waals surface area contributed by atoms with Gasteiger partial charge in [-0.25, -0.2) is 0 Å². The van der Waals surface area contributed by atoms with Crippen molar-refractivity contribution in [1.29, 1.82) is 0 Å². The van der Waals surface area contributed by atoms with Crippen molar-refractivity contribution in [2.75, 3.05) is 5.32 Å². The maximum Gasteiger partial charge on any atom is 0.224 e. The van der Waals surface area contributed by atoms with E-state index in [9.17, 15) is 4.79 Å². The number of rotatable bonds is 6. The summed E-state index contributed by atoms with van der Waals surface area (Å²) in [5, 5.41) is 3.65. The van der Waals surface area contributed by atoms with Crippen LogP contribution in [0.15, 0.2) is 48.5 Å². The first-order valence-corrected chi connectivity index (χ1v) is 10.2. The van der Waals surface area contributed by atoms with Crippen LogP contribution >= 0.6 is 11.6 Å². The van der Waals surface area contributed by atoms with Gasteiger partial charge in [0.1, 0.15) is 5.75 Å². The molecule has 27 heavy (non-hydrogen) atoms. The van der Waals surface area contributed by atoms with Crippen LogP contribution in [0.2, 0.25) is 5.02 Å². The monoisotopic (exact) mass is 385 g/mol. The highest BCUT2D eigenvalue weighted by atomic mass is 35.5. The molecule has 0 spiro atoms. The van der Waals surface area contributed by atoms with Gasteiger partial charge in [0, 0.05) is 17.1 Å². The molecule has 4 heteroatoms. The van der Waals surface area contributed by atoms with Crippen molar-refractivity contribution in [2.24, 2.45) is 5.92 Å². The van der Waals surface area contributed by atoms with Gasteiger partial charge < -0.3 is 10.1 Å². The summed E-state index contributed by atoms with van der Waals surface area (Å²) in [6.45, 7) is 4.08. The molecule has 0 saturated heterocycles. The molecule has 144 valence electrons. The van der Waals surface area contributed by atoms with E-state index in [-0.39, 0.29) is 12.0 Å². The van der Waals surface area contributed by atoms with E-state index in [1.165, 1.54) is 5.56 Å². The summed E-state index contributed by atoms with van der Waals surface area (Å²) in [5.41, 5.74) is 2.19. The SMILES string of the molecule is CC(C)Oc1ccc(C2CCC(CC(=O)Nc3ccc(Cl)cc3)CC2)cc1. The second-order valence-electron chi connectivity index (χ2n) is 7.71. The number of hydrogen-bond donors (Lipinski definition) is 1. The number of ether oxygens (including phenoxy) is 1. The molecule has 0 bridgehead atoms. The molecule has 0 aromatic heterocycles. The molecule has 1 aliphatic rings. The lowest BCUT2D eigenvalue weighted by atomic mass is 9.77. The van der Waals surface area contributed by atoms with Crippen LogP contribution in [0.5, 0.6) is 5.75 Å². The maximum atomic E-state index is 12.3. The van der Waals surface area contributed by atoms with Crippen LogP contribution in [-0.2, 0) is 4.79 Å². The summed E-state index contributed by atoms with van der Waals surface area (Å²) in [5.74, 6) is 2.09. The van der Waals surface area contributed by atoms with Gasteiger partial charge in [0.15, 0.2) is 0 Å². The van der Waals surface area contributed by atoms with E-state index >= 15 is 0 Å². The van der Waals surface area contributed by atoms with Crippen LogP contribution in [0, 0.1) is 5.92 Å². The molecule has 3 nitrogen and oxygen atoms in total. The van der Waals surface area contributed by atoms with Crippen LogP contribution in [-0.4, -0.2) is 12.0 Å². The van der Waals surface area contributed by atoms with Gasteiger partial charge in [-0.15, -0.1) is 0 Å². The topological polar surface area (TPSA) is 38.3 Å². The highest BCUT2D eigenvalue weighted by Crippen LogP contribution is 2.37. The summed E-state index contributed by atoms with van der Waals surface area (Å²) >= 11 is 5.88. The van der Waals surface area contributed by atoms with Crippen LogP contribution in [0.3, 0.4) is 0 Å². The Balaban J connectivity index is 1.45. The molecule has 0 aliphatic heterocycles. The Morgan fingerprint density at radius 2 is 1.67 bits per heavy atom. The van der Waals surface area contributed by atoms with E-state index in [1.54, 1.807) is 12.1 Å². The minimum Gasteiger partial charge on any atom is -0.491 e. The number of anilines is 1. The van der Waals surface area contributed by atoms with Crippen LogP contribution < -0.4 is 10.1 Å². The van der Waals surface area contributed by atoms with Crippen molar-refractivity contribution in [3.8, 4) is 5.75 Å². The van der Waals surface area contributed by atoms with Gasteiger partial charge in [0.05, 0.1) is 6.10 Å². The van der Waals surface area contributed by atoms with Crippen molar-refractivity contribution in [2.45, 2.75) is 58.0 Å². The van der Waals surface area contributed by atoms with Gasteiger partial charge in [-0.2, -0.15) is 0 Å². The molecule has 1 N–H and O–H groups in total. The van der Waals surface area contributed by atoms with Gasteiger partial charge in [-0.3, -0.25) is 4.79 Å². The summed E-state index contributed by atoms with van der Waals surface area (Å²) in [4.78, 5) is 12.3. The molecule has 1 aliphatic carbocycles. The van der Waals surface area contributed by atoms with Crippen LogP contribution in [0.4, 0.5) is 5.69 Å². The Kier molecular flexibility index (Phi) is 6.78. The first-order chi connectivity index (χ1) is 13.0. The Hall–Kier alpha value is -2.00. The number of nitrogens with one attached hydrogen (secondary N) is 1. The van der Waals surface area contributed by atoms with Crippen molar-refractivity contribution >= 4 is 23.2 Å². The third-order valence-electron chi connectivity index (χ3n) is 5.17. The average molecular weight is 386 g/mol. The largest absolute Gasteiger partial charge is 0.491 e. The molecule has 0 heterocycles. The second kappa shape index (κ2) is 9.27. The summed E-state index contributed by atoms with van der Waals surface area (Å²) in [6, 6.07) is 15.8. The fourth-order valence-electron chi connectivity index (χ4n) is 3.80. The lowest BCUT2D eigenvalue weighted by molar-refractivity contribution is -0.117. The Morgan fingerprint density at radius 1 is 1.04 bits per heavy atom. The van der Waals surface area contributed by atoms with E-state index < -0.39 is 0 Å². The van der Waals surface area contributed by atoms with E-state index in [1.807, 2.05) is 26.0 Å². The molecular weight excluding hydrogens is 358 g/mol. The predicted molar refractivity (Wildman–Crippen MR) is 112 cm³/mol. The zero-order valence-corrected chi connectivity index (χ0v) is 16.8. The van der Waals surface area contributed by atoms with E-state index in [0.29, 0.717) is 23.3 Å². The molecule has 2 aromatic rings. The molecule has 1 saturated carbocycles. The van der Waals surface area contributed by atoms with Gasteiger partial charge in [-0.05, 0) is 93.3 Å². The minimum absolute atomic E-state index is 0.0935. The highest BCUT2D eigenvalue weighted by molar-refractivity contribution is 6.30. The Morgan fingerprint density at radius 3 is 2.26 bits per heavy atom. The predicted octanol–water partition coefficient (Wildman–Crippen LogP) is 6.43. The zero-order valence-electron chi connectivity index (χ0n) is 16.1. The van der Waals surface area contributed by atoms with Gasteiger partial charge in [-0.1, -0.05) is 23.7 Å². The minimum atomic E-state index is 0.0935. The van der Waals surface area contributed by atoms with Crippen molar-refractivity contribution < 1.29 is 9.53 Å². The van der Waals surface area contributed by atoms with Crippen molar-refractivity contribution in [3.63, 3.8) is 0 Å². The molecule has 1 amide bonds. The van der Waals surface area contributed by atoms with E-state index in [0.717, 1.165) is 37.1 Å². The summed E-state index contributed by atoms with van der Waals surface area (Å²) in [7, 11) is 0. The standard InChI is InChI=1S/C23H28ClNO2/c1-16(2)27-22-13-7-19(8-14-22)18-5-3-17(4-6-18)15-23(26)25-21-11-9-20(24)10-12-21/h7-14,16-18H,3-6,15H2,1-2H3,(H,25,26). The number of benzene rings is 2. The fourth-order valence-corrected chi connectivity index (χ4v) is 3.92. The smallest absolute Gasteiger partial charge is 0.224 e. The van der Waals surface area contributed by atoms with Crippen molar-refractivity contribution in [1.82, 2.24) is 0 Å². The zero-order chi connectivity index (χ0) is 19.2. The Labute approximate surface area is 167 Å². The number of carbonyl (C=O) groups excluding carboxylic acids is 1. The van der Waals surface area contributed by atoms with Gasteiger partial charge in [0.25, 0.3) is 0 Å². The van der Waals surface area contributed by atoms with E-state index in [4.69, 9.17) is 16.3 Å². The quantitative estimate of drug-likeness (QED) is 0.622. The third kappa shape index (κ3) is 6.00. The lowest BCUT2D eigenvalue weighted by Crippen LogP contribution is -2.20. The first kappa shape index (κ1) is 19.8. The molecule has 0 unspecified atom stereocenters. The van der Waals surface area contributed by atoms with Crippen LogP contribution in [0.25, 0.3) is 0 Å². The second-order valence-corrected chi connectivity index (χ2v) is 8.15. The molecule has 0 radical (unpaired) electrons. The van der Waals surface area contributed by atoms with Crippen molar-refractivity contribution in [3.05, 3.63) is 59.1 Å². The number of amides is 1. The maximum absolute atomic E-state index is 12.3. The molecule has 2 aromatic carbocycles.